The summed E-state index contributed by atoms with van der Waals surface area (Å²) in [5, 5.41) is 0.0987. The Hall–Kier alpha value is -2.68. The predicted molar refractivity (Wildman–Crippen MR) is 170 cm³/mol. The fourth-order valence-electron chi connectivity index (χ4n) is 4.85. The molecule has 2 aromatic heterocycles. The van der Waals surface area contributed by atoms with Gasteiger partial charge >= 0.3 is 12.6 Å². The summed E-state index contributed by atoms with van der Waals surface area (Å²) in [6.45, 7) is -2.64. The zero-order valence-electron chi connectivity index (χ0n) is 23.4. The molecule has 1 saturated heterocycles. The number of hydrogen-bond acceptors (Lipinski definition) is 9. The summed E-state index contributed by atoms with van der Waals surface area (Å²) in [6, 6.07) is 13.2. The first-order chi connectivity index (χ1) is 21.6. The van der Waals surface area contributed by atoms with E-state index in [1.165, 1.54) is 30.6 Å². The van der Waals surface area contributed by atoms with E-state index in [9.17, 15) is 22.0 Å². The molecule has 6 rings (SSSR count). The summed E-state index contributed by atoms with van der Waals surface area (Å²) in [5.74, 6) is -0.176. The molecule has 0 amide bonds. The topological polar surface area (TPSA) is 95.0 Å². The second-order valence-electron chi connectivity index (χ2n) is 10.5. The van der Waals surface area contributed by atoms with Crippen LogP contribution < -0.4 is 9.47 Å². The molecular formula is C30H26Cl2F2N2O6S3. The molecule has 0 radical (unpaired) electrons. The molecule has 0 bridgehead atoms. The minimum Gasteiger partial charge on any atom is -0.489 e. The molecule has 2 unspecified atom stereocenters. The van der Waals surface area contributed by atoms with Crippen LogP contribution in [0.5, 0.6) is 11.5 Å². The number of halogens is 4. The van der Waals surface area contributed by atoms with Gasteiger partial charge in [0.15, 0.2) is 16.9 Å². The first-order valence-electron chi connectivity index (χ1n) is 13.9. The molecule has 2 atom stereocenters. The van der Waals surface area contributed by atoms with Crippen LogP contribution in [0.3, 0.4) is 0 Å². The van der Waals surface area contributed by atoms with Gasteiger partial charge in [0, 0.05) is 35.8 Å². The average molecular weight is 716 g/mol. The van der Waals surface area contributed by atoms with E-state index in [0.717, 1.165) is 50.3 Å². The van der Waals surface area contributed by atoms with Crippen LogP contribution in [0.2, 0.25) is 10.0 Å². The maximum absolute atomic E-state index is 13.8. The Labute approximate surface area is 276 Å². The van der Waals surface area contributed by atoms with Crippen molar-refractivity contribution >= 4 is 72.4 Å². The number of pyridine rings is 1. The second-order valence-corrected chi connectivity index (χ2v) is 15.7. The normalized spacial score (nSPS) is 17.9. The minimum absolute atomic E-state index is 0.0104. The Balaban J connectivity index is 1.31. The van der Waals surface area contributed by atoms with E-state index in [1.54, 1.807) is 6.07 Å². The number of hydrogen-bond donors (Lipinski definition) is 0. The number of fused-ring (bicyclic) bond motifs is 1. The van der Waals surface area contributed by atoms with Crippen LogP contribution in [-0.4, -0.2) is 54.6 Å². The molecule has 2 aromatic carbocycles. The molecule has 4 aromatic rings. The third-order valence-corrected chi connectivity index (χ3v) is 12.7. The van der Waals surface area contributed by atoms with Gasteiger partial charge in [0.2, 0.25) is 0 Å². The van der Waals surface area contributed by atoms with Crippen molar-refractivity contribution in [1.82, 2.24) is 9.29 Å². The van der Waals surface area contributed by atoms with Gasteiger partial charge in [-0.15, -0.1) is 23.1 Å². The van der Waals surface area contributed by atoms with Gasteiger partial charge in [0.25, 0.3) is 10.0 Å². The van der Waals surface area contributed by atoms with E-state index in [1.807, 2.05) is 24.3 Å². The predicted octanol–water partition coefficient (Wildman–Crippen LogP) is 7.58. The van der Waals surface area contributed by atoms with E-state index in [0.29, 0.717) is 29.4 Å². The zero-order chi connectivity index (χ0) is 31.7. The van der Waals surface area contributed by atoms with Gasteiger partial charge in [0.1, 0.15) is 10.3 Å². The number of alkyl halides is 2. The van der Waals surface area contributed by atoms with Crippen molar-refractivity contribution in [2.45, 2.75) is 41.6 Å². The molecule has 2 aliphatic rings. The molecule has 0 N–H and O–H groups in total. The maximum atomic E-state index is 13.8. The van der Waals surface area contributed by atoms with Crippen molar-refractivity contribution in [3.05, 3.63) is 82.1 Å². The van der Waals surface area contributed by atoms with Crippen LogP contribution in [-0.2, 0) is 26.0 Å². The number of aromatic nitrogens is 1. The Morgan fingerprint density at radius 2 is 1.82 bits per heavy atom. The van der Waals surface area contributed by atoms with E-state index in [4.69, 9.17) is 32.7 Å². The van der Waals surface area contributed by atoms with Gasteiger partial charge in [-0.2, -0.15) is 13.1 Å². The number of carbonyl (C=O) groups is 1. The number of benzene rings is 2. The fourth-order valence-corrected chi connectivity index (χ4v) is 9.95. The number of nitrogens with zero attached hydrogens (tertiary/aromatic N) is 2. The van der Waals surface area contributed by atoms with E-state index in [-0.39, 0.29) is 38.7 Å². The third-order valence-electron chi connectivity index (χ3n) is 7.34. The number of carbonyl (C=O) groups excluding carboxylic acids is 1. The van der Waals surface area contributed by atoms with Gasteiger partial charge in [-0.3, -0.25) is 4.98 Å². The number of sulfonamides is 1. The Kier molecular flexibility index (Phi) is 9.74. The zero-order valence-corrected chi connectivity index (χ0v) is 27.4. The van der Waals surface area contributed by atoms with Crippen molar-refractivity contribution < 1.29 is 36.2 Å². The van der Waals surface area contributed by atoms with Crippen molar-refractivity contribution in [2.24, 2.45) is 5.92 Å². The van der Waals surface area contributed by atoms with Gasteiger partial charge in [-0.05, 0) is 59.5 Å². The van der Waals surface area contributed by atoms with Gasteiger partial charge < -0.3 is 14.2 Å². The molecule has 3 heterocycles. The summed E-state index contributed by atoms with van der Waals surface area (Å²) in [5.41, 5.74) is 0.829. The first-order valence-corrected chi connectivity index (χ1v) is 18.0. The summed E-state index contributed by atoms with van der Waals surface area (Å²) >= 11 is 15.1. The van der Waals surface area contributed by atoms with Crippen molar-refractivity contribution in [1.29, 1.82) is 0 Å². The molecule has 1 aliphatic carbocycles. The molecule has 1 saturated carbocycles. The molecule has 238 valence electrons. The molecule has 2 fully saturated rings. The van der Waals surface area contributed by atoms with Crippen LogP contribution in [0.1, 0.15) is 30.1 Å². The Morgan fingerprint density at radius 3 is 2.53 bits per heavy atom. The average Bonchev–Trinajstić information content (AvgIpc) is 3.50. The lowest BCUT2D eigenvalue weighted by atomic mass is 10.0. The quantitative estimate of drug-likeness (QED) is 0.139. The first kappa shape index (κ1) is 32.3. The van der Waals surface area contributed by atoms with Crippen molar-refractivity contribution in [2.75, 3.05) is 18.9 Å². The van der Waals surface area contributed by atoms with Crippen molar-refractivity contribution in [3.8, 4) is 11.5 Å². The highest BCUT2D eigenvalue weighted by Gasteiger charge is 2.43. The molecule has 1 aliphatic heterocycles. The fraction of sp³-hybridized carbons (Fsp3) is 0.333. The lowest BCUT2D eigenvalue weighted by molar-refractivity contribution is -0.150. The maximum Gasteiger partial charge on any atom is 0.387 e. The Morgan fingerprint density at radius 1 is 1.07 bits per heavy atom. The number of ether oxygens (including phenoxy) is 3. The lowest BCUT2D eigenvalue weighted by Gasteiger charge is -2.25. The standard InChI is InChI=1S/C30H26Cl2F2N2O6S3/c31-21-14-35-15-22(32)20(21)13-24(18-7-8-23(42-30(33)34)25(11-18)40-16-17-5-6-17)41-29(37)28-36(9-10-43-28)45(38,39)27-12-19-3-1-2-4-26(19)44-27/h1-4,7-8,11-12,14-15,17,24,28,30H,5-6,9-10,13,16H2. The molecule has 0 spiro atoms. The van der Waals surface area contributed by atoms with Crippen LogP contribution in [0.4, 0.5) is 8.78 Å². The van der Waals surface area contributed by atoms with Crippen LogP contribution in [0.15, 0.2) is 65.1 Å². The van der Waals surface area contributed by atoms with E-state index in [2.05, 4.69) is 9.72 Å². The number of esters is 1. The van der Waals surface area contributed by atoms with Gasteiger partial charge in [-0.1, -0.05) is 47.5 Å². The van der Waals surface area contributed by atoms with Crippen molar-refractivity contribution in [3.63, 3.8) is 0 Å². The lowest BCUT2D eigenvalue weighted by Crippen LogP contribution is -2.40. The highest BCUT2D eigenvalue weighted by molar-refractivity contribution is 8.02. The molecule has 15 heteroatoms. The Bertz CT molecular complexity index is 1770. The van der Waals surface area contributed by atoms with Crippen LogP contribution >= 0.6 is 46.3 Å². The number of rotatable bonds is 12. The highest BCUT2D eigenvalue weighted by atomic mass is 35.5. The molecular weight excluding hydrogens is 689 g/mol. The number of thiophene rings is 1. The smallest absolute Gasteiger partial charge is 0.387 e. The second kappa shape index (κ2) is 13.6. The van der Waals surface area contributed by atoms with Gasteiger partial charge in [-0.25, -0.2) is 13.2 Å². The third kappa shape index (κ3) is 7.34. The summed E-state index contributed by atoms with van der Waals surface area (Å²) in [7, 11) is -4.03. The van der Waals surface area contributed by atoms with Crippen LogP contribution in [0.25, 0.3) is 10.1 Å². The summed E-state index contributed by atoms with van der Waals surface area (Å²) < 4.78 is 72.4. The molecule has 8 nitrogen and oxygen atoms in total. The van der Waals surface area contributed by atoms with Gasteiger partial charge in [0.05, 0.1) is 16.7 Å². The minimum atomic E-state index is -4.03. The van der Waals surface area contributed by atoms with E-state index >= 15 is 0 Å². The summed E-state index contributed by atoms with van der Waals surface area (Å²) in [4.78, 5) is 17.8. The largest absolute Gasteiger partial charge is 0.489 e. The van der Waals surface area contributed by atoms with E-state index < -0.39 is 34.1 Å². The summed E-state index contributed by atoms with van der Waals surface area (Å²) in [6.07, 6.45) is 3.70. The number of thioether (sulfide) groups is 1. The van der Waals surface area contributed by atoms with Crippen LogP contribution in [0, 0.1) is 5.92 Å². The highest BCUT2D eigenvalue weighted by Crippen LogP contribution is 2.40. The SMILES string of the molecule is O=C(OC(Cc1c(Cl)cncc1Cl)c1ccc(OC(F)F)c(OCC2CC2)c1)C1SCCN1S(=O)(=O)c1cc2ccccc2s1. The molecule has 45 heavy (non-hydrogen) atoms. The monoisotopic (exact) mass is 714 g/mol.